The van der Waals surface area contributed by atoms with Crippen LogP contribution < -0.4 is 4.74 Å². The Morgan fingerprint density at radius 3 is 2.31 bits per heavy atom. The maximum absolute atomic E-state index is 13.4. The highest BCUT2D eigenvalue weighted by Crippen LogP contribution is 2.26. The van der Waals surface area contributed by atoms with Gasteiger partial charge in [0.05, 0.1) is 12.7 Å². The highest BCUT2D eigenvalue weighted by molar-refractivity contribution is 5.32. The summed E-state index contributed by atoms with van der Waals surface area (Å²) in [5.74, 6) is -1.91. The highest BCUT2D eigenvalue weighted by Gasteiger charge is 2.14. The molecular formula is C12H16F2O2. The molecule has 0 aliphatic carbocycles. The summed E-state index contributed by atoms with van der Waals surface area (Å²) in [6.45, 7) is 3.71. The number of halogens is 2. The molecule has 16 heavy (non-hydrogen) atoms. The van der Waals surface area contributed by atoms with Crippen molar-refractivity contribution in [2.75, 3.05) is 6.61 Å². The van der Waals surface area contributed by atoms with E-state index in [0.29, 0.717) is 6.61 Å². The van der Waals surface area contributed by atoms with Gasteiger partial charge in [-0.05, 0) is 31.0 Å². The van der Waals surface area contributed by atoms with E-state index in [1.807, 2.05) is 6.92 Å². The number of ether oxygens (including phenoxy) is 1. The predicted molar refractivity (Wildman–Crippen MR) is 57.4 cm³/mol. The van der Waals surface area contributed by atoms with Gasteiger partial charge in [0.1, 0.15) is 0 Å². The van der Waals surface area contributed by atoms with E-state index < -0.39 is 17.7 Å². The van der Waals surface area contributed by atoms with Gasteiger partial charge >= 0.3 is 0 Å². The Morgan fingerprint density at radius 1 is 1.31 bits per heavy atom. The molecule has 1 atom stereocenters. The molecule has 1 aromatic carbocycles. The average molecular weight is 230 g/mol. The summed E-state index contributed by atoms with van der Waals surface area (Å²) in [5.41, 5.74) is 0.206. The summed E-state index contributed by atoms with van der Waals surface area (Å²) in [4.78, 5) is 0. The Labute approximate surface area is 93.9 Å². The van der Waals surface area contributed by atoms with Gasteiger partial charge in [0.15, 0.2) is 17.4 Å². The van der Waals surface area contributed by atoms with E-state index in [-0.39, 0.29) is 11.3 Å². The lowest BCUT2D eigenvalue weighted by molar-refractivity contribution is 0.197. The maximum Gasteiger partial charge on any atom is 0.190 e. The minimum Gasteiger partial charge on any atom is -0.488 e. The third-order valence-electron chi connectivity index (χ3n) is 2.25. The molecule has 0 heterocycles. The summed E-state index contributed by atoms with van der Waals surface area (Å²) in [7, 11) is 0. The molecule has 0 saturated carbocycles. The van der Waals surface area contributed by atoms with E-state index >= 15 is 0 Å². The van der Waals surface area contributed by atoms with Crippen LogP contribution in [0.25, 0.3) is 0 Å². The number of hydrogen-bond acceptors (Lipinski definition) is 2. The third-order valence-corrected chi connectivity index (χ3v) is 2.25. The van der Waals surface area contributed by atoms with Gasteiger partial charge in [-0.25, -0.2) is 8.78 Å². The molecule has 2 nitrogen and oxygen atoms in total. The van der Waals surface area contributed by atoms with E-state index in [9.17, 15) is 13.9 Å². The minimum absolute atomic E-state index is 0.206. The Morgan fingerprint density at radius 2 is 1.88 bits per heavy atom. The van der Waals surface area contributed by atoms with Gasteiger partial charge in [-0.15, -0.1) is 0 Å². The van der Waals surface area contributed by atoms with Crippen molar-refractivity contribution in [1.82, 2.24) is 0 Å². The van der Waals surface area contributed by atoms with Crippen LogP contribution in [0, 0.1) is 11.6 Å². The lowest BCUT2D eigenvalue weighted by Gasteiger charge is -2.11. The second-order valence-corrected chi connectivity index (χ2v) is 3.69. The molecule has 0 fully saturated rings. The summed E-state index contributed by atoms with van der Waals surface area (Å²) in [5, 5.41) is 9.20. The van der Waals surface area contributed by atoms with Gasteiger partial charge in [-0.1, -0.05) is 13.3 Å². The Kier molecular flexibility index (Phi) is 4.68. The van der Waals surface area contributed by atoms with Gasteiger partial charge < -0.3 is 9.84 Å². The van der Waals surface area contributed by atoms with Crippen LogP contribution in [0.5, 0.6) is 5.75 Å². The summed E-state index contributed by atoms with van der Waals surface area (Å²) >= 11 is 0. The Balaban J connectivity index is 2.85. The second-order valence-electron chi connectivity index (χ2n) is 3.69. The van der Waals surface area contributed by atoms with Crippen molar-refractivity contribution >= 4 is 0 Å². The second kappa shape index (κ2) is 5.80. The summed E-state index contributed by atoms with van der Waals surface area (Å²) in [6, 6.07) is 2.18. The van der Waals surface area contributed by atoms with E-state index in [2.05, 4.69) is 0 Å². The number of aliphatic hydroxyl groups is 1. The van der Waals surface area contributed by atoms with Crippen molar-refractivity contribution in [3.8, 4) is 5.75 Å². The van der Waals surface area contributed by atoms with Gasteiger partial charge in [0.25, 0.3) is 0 Å². The first-order valence-electron chi connectivity index (χ1n) is 5.36. The molecule has 0 bridgehead atoms. The van der Waals surface area contributed by atoms with Crippen LogP contribution in [0.4, 0.5) is 8.78 Å². The molecule has 0 aromatic heterocycles. The van der Waals surface area contributed by atoms with Crippen LogP contribution in [-0.4, -0.2) is 11.7 Å². The van der Waals surface area contributed by atoms with Gasteiger partial charge in [0.2, 0.25) is 0 Å². The van der Waals surface area contributed by atoms with Crippen LogP contribution in [0.2, 0.25) is 0 Å². The normalized spacial score (nSPS) is 12.6. The standard InChI is InChI=1S/C12H16F2O2/c1-3-4-5-16-12-10(13)6-9(8(2)15)7-11(12)14/h6-8,15H,3-5H2,1-2H3/t8-/m0/s1. The summed E-state index contributed by atoms with van der Waals surface area (Å²) < 4.78 is 31.9. The van der Waals surface area contributed by atoms with Crippen molar-refractivity contribution < 1.29 is 18.6 Å². The molecule has 0 radical (unpaired) electrons. The molecule has 1 N–H and O–H groups in total. The molecule has 0 aliphatic heterocycles. The smallest absolute Gasteiger partial charge is 0.190 e. The zero-order chi connectivity index (χ0) is 12.1. The fourth-order valence-corrected chi connectivity index (χ4v) is 1.28. The number of hydrogen-bond donors (Lipinski definition) is 1. The fourth-order valence-electron chi connectivity index (χ4n) is 1.28. The number of benzene rings is 1. The molecular weight excluding hydrogens is 214 g/mol. The molecule has 0 aliphatic rings. The van der Waals surface area contributed by atoms with Crippen molar-refractivity contribution in [3.63, 3.8) is 0 Å². The van der Waals surface area contributed by atoms with Gasteiger partial charge in [-0.3, -0.25) is 0 Å². The number of rotatable bonds is 5. The zero-order valence-corrected chi connectivity index (χ0v) is 9.46. The number of aliphatic hydroxyl groups excluding tert-OH is 1. The third kappa shape index (κ3) is 3.17. The fraction of sp³-hybridized carbons (Fsp3) is 0.500. The van der Waals surface area contributed by atoms with E-state index in [0.717, 1.165) is 25.0 Å². The predicted octanol–water partition coefficient (Wildman–Crippen LogP) is 3.20. The zero-order valence-electron chi connectivity index (χ0n) is 9.46. The largest absolute Gasteiger partial charge is 0.488 e. The van der Waals surface area contributed by atoms with Gasteiger partial charge in [0, 0.05) is 0 Å². The van der Waals surface area contributed by atoms with Gasteiger partial charge in [-0.2, -0.15) is 0 Å². The van der Waals surface area contributed by atoms with E-state index in [1.54, 1.807) is 0 Å². The van der Waals surface area contributed by atoms with Crippen molar-refractivity contribution in [2.45, 2.75) is 32.8 Å². The molecule has 1 rings (SSSR count). The molecule has 4 heteroatoms. The van der Waals surface area contributed by atoms with Crippen LogP contribution >= 0.6 is 0 Å². The first-order valence-corrected chi connectivity index (χ1v) is 5.36. The van der Waals surface area contributed by atoms with Crippen LogP contribution in [0.1, 0.15) is 38.4 Å². The average Bonchev–Trinajstić information content (AvgIpc) is 2.21. The molecule has 90 valence electrons. The Hall–Kier alpha value is -1.16. The first kappa shape index (κ1) is 12.9. The van der Waals surface area contributed by atoms with Crippen molar-refractivity contribution in [1.29, 1.82) is 0 Å². The van der Waals surface area contributed by atoms with Crippen LogP contribution in [0.15, 0.2) is 12.1 Å². The Bertz CT molecular complexity index is 328. The molecule has 0 saturated heterocycles. The molecule has 0 amide bonds. The SMILES string of the molecule is CCCCOc1c(F)cc([C@H](C)O)cc1F. The molecule has 0 spiro atoms. The lowest BCUT2D eigenvalue weighted by atomic mass is 10.1. The van der Waals surface area contributed by atoms with E-state index in [4.69, 9.17) is 4.74 Å². The monoisotopic (exact) mass is 230 g/mol. The molecule has 0 unspecified atom stereocenters. The van der Waals surface area contributed by atoms with E-state index in [1.165, 1.54) is 6.92 Å². The van der Waals surface area contributed by atoms with Crippen LogP contribution in [0.3, 0.4) is 0 Å². The number of unbranched alkanes of at least 4 members (excludes halogenated alkanes) is 1. The van der Waals surface area contributed by atoms with Crippen molar-refractivity contribution in [3.05, 3.63) is 29.3 Å². The topological polar surface area (TPSA) is 29.5 Å². The van der Waals surface area contributed by atoms with Crippen molar-refractivity contribution in [2.24, 2.45) is 0 Å². The highest BCUT2D eigenvalue weighted by atomic mass is 19.1. The lowest BCUT2D eigenvalue weighted by Crippen LogP contribution is -2.03. The molecule has 1 aromatic rings. The quantitative estimate of drug-likeness (QED) is 0.787. The first-order chi connectivity index (χ1) is 7.56. The minimum atomic E-state index is -0.895. The maximum atomic E-state index is 13.4. The summed E-state index contributed by atoms with van der Waals surface area (Å²) in [6.07, 6.45) is 0.750. The van der Waals surface area contributed by atoms with Crippen LogP contribution in [-0.2, 0) is 0 Å².